The largest absolute Gasteiger partial charge is 0.416 e. The van der Waals surface area contributed by atoms with Gasteiger partial charge in [-0.05, 0) is 24.1 Å². The molecular formula is C16H15F3N2O2. The summed E-state index contributed by atoms with van der Waals surface area (Å²) < 4.78 is 43.0. The molecular weight excluding hydrogens is 309 g/mol. The van der Waals surface area contributed by atoms with Gasteiger partial charge in [0, 0.05) is 25.2 Å². The van der Waals surface area contributed by atoms with Crippen LogP contribution in [-0.2, 0) is 22.3 Å². The minimum atomic E-state index is -4.34. The van der Waals surface area contributed by atoms with Gasteiger partial charge in [0.05, 0.1) is 24.3 Å². The standard InChI is InChI=1S/C16H15F3N2O2/c17-16(18,19)13-5-3-12(4-6-13)11-23-14-7-9-21(10-14)15(22)2-1-8-20/h1-6,14H,7,9-11H2/b2-1+/t14-/m0/s1. The highest BCUT2D eigenvalue weighted by molar-refractivity contribution is 5.88. The zero-order chi connectivity index (χ0) is 16.9. The van der Waals surface area contributed by atoms with Crippen molar-refractivity contribution >= 4 is 5.91 Å². The lowest BCUT2D eigenvalue weighted by Gasteiger charge is -2.15. The van der Waals surface area contributed by atoms with E-state index in [1.165, 1.54) is 18.2 Å². The molecule has 1 fully saturated rings. The van der Waals surface area contributed by atoms with E-state index in [0.29, 0.717) is 25.1 Å². The number of hydrogen-bond acceptors (Lipinski definition) is 3. The van der Waals surface area contributed by atoms with Crippen molar-refractivity contribution in [3.05, 3.63) is 47.5 Å². The van der Waals surface area contributed by atoms with Gasteiger partial charge in [-0.2, -0.15) is 18.4 Å². The summed E-state index contributed by atoms with van der Waals surface area (Å²) in [4.78, 5) is 13.3. The molecule has 1 aromatic rings. The Morgan fingerprint density at radius 3 is 2.70 bits per heavy atom. The first-order chi connectivity index (χ1) is 10.9. The fourth-order valence-electron chi connectivity index (χ4n) is 2.28. The Hall–Kier alpha value is -2.33. The lowest BCUT2D eigenvalue weighted by molar-refractivity contribution is -0.137. The van der Waals surface area contributed by atoms with E-state index in [2.05, 4.69) is 0 Å². The number of carbonyl (C=O) groups is 1. The second kappa shape index (κ2) is 7.29. The van der Waals surface area contributed by atoms with E-state index >= 15 is 0 Å². The molecule has 0 bridgehead atoms. The van der Waals surface area contributed by atoms with Crippen LogP contribution in [0.25, 0.3) is 0 Å². The molecule has 1 saturated heterocycles. The molecule has 2 rings (SSSR count). The van der Waals surface area contributed by atoms with Gasteiger partial charge in [-0.3, -0.25) is 4.79 Å². The maximum Gasteiger partial charge on any atom is 0.416 e. The normalized spacial score (nSPS) is 18.3. The van der Waals surface area contributed by atoms with Crippen molar-refractivity contribution in [3.8, 4) is 6.07 Å². The predicted molar refractivity (Wildman–Crippen MR) is 76.0 cm³/mol. The molecule has 7 heteroatoms. The molecule has 1 atom stereocenters. The van der Waals surface area contributed by atoms with Gasteiger partial charge in [0.1, 0.15) is 0 Å². The van der Waals surface area contributed by atoms with Crippen molar-refractivity contribution < 1.29 is 22.7 Å². The van der Waals surface area contributed by atoms with Crippen LogP contribution in [0.2, 0.25) is 0 Å². The number of carbonyl (C=O) groups excluding carboxylic acids is 1. The van der Waals surface area contributed by atoms with E-state index in [1.54, 1.807) is 11.0 Å². The molecule has 0 unspecified atom stereocenters. The van der Waals surface area contributed by atoms with Crippen LogP contribution >= 0.6 is 0 Å². The molecule has 0 aromatic heterocycles. The minimum Gasteiger partial charge on any atom is -0.372 e. The molecule has 0 saturated carbocycles. The summed E-state index contributed by atoms with van der Waals surface area (Å²) in [7, 11) is 0. The monoisotopic (exact) mass is 324 g/mol. The van der Waals surface area contributed by atoms with Gasteiger partial charge in [0.2, 0.25) is 5.91 Å². The number of nitriles is 1. The van der Waals surface area contributed by atoms with Crippen LogP contribution in [-0.4, -0.2) is 30.0 Å². The molecule has 0 spiro atoms. The van der Waals surface area contributed by atoms with Crippen LogP contribution in [0.1, 0.15) is 17.5 Å². The van der Waals surface area contributed by atoms with Gasteiger partial charge >= 0.3 is 6.18 Å². The second-order valence-electron chi connectivity index (χ2n) is 5.16. The Labute approximate surface area is 131 Å². The van der Waals surface area contributed by atoms with Gasteiger partial charge in [-0.25, -0.2) is 0 Å². The molecule has 0 radical (unpaired) electrons. The van der Waals surface area contributed by atoms with Gasteiger partial charge < -0.3 is 9.64 Å². The van der Waals surface area contributed by atoms with Gasteiger partial charge in [0.25, 0.3) is 0 Å². The highest BCUT2D eigenvalue weighted by atomic mass is 19.4. The quantitative estimate of drug-likeness (QED) is 0.632. The molecule has 0 N–H and O–H groups in total. The number of alkyl halides is 3. The van der Waals surface area contributed by atoms with E-state index in [1.807, 2.05) is 0 Å². The first kappa shape index (κ1) is 17.0. The first-order valence-corrected chi connectivity index (χ1v) is 7.03. The lowest BCUT2D eigenvalue weighted by atomic mass is 10.1. The highest BCUT2D eigenvalue weighted by Crippen LogP contribution is 2.29. The van der Waals surface area contributed by atoms with Gasteiger partial charge in [0.15, 0.2) is 0 Å². The summed E-state index contributed by atoms with van der Waals surface area (Å²) in [6, 6.07) is 6.57. The average molecular weight is 324 g/mol. The highest BCUT2D eigenvalue weighted by Gasteiger charge is 2.30. The molecule has 23 heavy (non-hydrogen) atoms. The molecule has 1 heterocycles. The average Bonchev–Trinajstić information content (AvgIpc) is 2.99. The fraction of sp³-hybridized carbons (Fsp3) is 0.375. The fourth-order valence-corrected chi connectivity index (χ4v) is 2.28. The number of benzene rings is 1. The zero-order valence-electron chi connectivity index (χ0n) is 12.2. The van der Waals surface area contributed by atoms with Crippen LogP contribution in [0.15, 0.2) is 36.4 Å². The van der Waals surface area contributed by atoms with Crippen LogP contribution in [0.5, 0.6) is 0 Å². The summed E-state index contributed by atoms with van der Waals surface area (Å²) >= 11 is 0. The smallest absolute Gasteiger partial charge is 0.372 e. The first-order valence-electron chi connectivity index (χ1n) is 7.03. The van der Waals surface area contributed by atoms with E-state index in [0.717, 1.165) is 18.2 Å². The van der Waals surface area contributed by atoms with Gasteiger partial charge in [-0.1, -0.05) is 12.1 Å². The number of amides is 1. The van der Waals surface area contributed by atoms with E-state index in [9.17, 15) is 18.0 Å². The van der Waals surface area contributed by atoms with Crippen molar-refractivity contribution in [1.29, 1.82) is 5.26 Å². The molecule has 0 aliphatic carbocycles. The summed E-state index contributed by atoms with van der Waals surface area (Å²) in [6.07, 6.45) is -1.51. The summed E-state index contributed by atoms with van der Waals surface area (Å²) in [5.74, 6) is -0.243. The summed E-state index contributed by atoms with van der Waals surface area (Å²) in [6.45, 7) is 1.14. The van der Waals surface area contributed by atoms with Crippen molar-refractivity contribution in [3.63, 3.8) is 0 Å². The van der Waals surface area contributed by atoms with Crippen LogP contribution < -0.4 is 0 Å². The number of likely N-dealkylation sites (tertiary alicyclic amines) is 1. The number of hydrogen-bond donors (Lipinski definition) is 0. The maximum atomic E-state index is 12.5. The zero-order valence-corrected chi connectivity index (χ0v) is 12.2. The van der Waals surface area contributed by atoms with E-state index < -0.39 is 11.7 Å². The molecule has 1 amide bonds. The van der Waals surface area contributed by atoms with Crippen molar-refractivity contribution in [2.24, 2.45) is 0 Å². The number of allylic oxidation sites excluding steroid dienone is 1. The predicted octanol–water partition coefficient (Wildman–Crippen LogP) is 2.90. The van der Waals surface area contributed by atoms with Crippen LogP contribution in [0.4, 0.5) is 13.2 Å². The molecule has 122 valence electrons. The molecule has 1 aliphatic rings. The third-order valence-corrected chi connectivity index (χ3v) is 3.52. The number of ether oxygens (including phenoxy) is 1. The topological polar surface area (TPSA) is 53.3 Å². The Morgan fingerprint density at radius 2 is 2.09 bits per heavy atom. The lowest BCUT2D eigenvalue weighted by Crippen LogP contribution is -2.28. The van der Waals surface area contributed by atoms with E-state index in [4.69, 9.17) is 10.00 Å². The summed E-state index contributed by atoms with van der Waals surface area (Å²) in [5.41, 5.74) is -0.0460. The number of nitrogens with zero attached hydrogens (tertiary/aromatic N) is 2. The van der Waals surface area contributed by atoms with Gasteiger partial charge in [-0.15, -0.1) is 0 Å². The molecule has 1 aliphatic heterocycles. The maximum absolute atomic E-state index is 12.5. The number of rotatable bonds is 4. The van der Waals surface area contributed by atoms with Crippen molar-refractivity contribution in [2.75, 3.05) is 13.1 Å². The minimum absolute atomic E-state index is 0.156. The van der Waals surface area contributed by atoms with Crippen LogP contribution in [0, 0.1) is 11.3 Å². The molecule has 1 aromatic carbocycles. The third kappa shape index (κ3) is 4.83. The Balaban J connectivity index is 1.82. The Morgan fingerprint density at radius 1 is 1.39 bits per heavy atom. The van der Waals surface area contributed by atoms with Crippen molar-refractivity contribution in [2.45, 2.75) is 25.3 Å². The molecule has 4 nitrogen and oxygen atoms in total. The number of halogens is 3. The Bertz CT molecular complexity index is 618. The van der Waals surface area contributed by atoms with E-state index in [-0.39, 0.29) is 18.6 Å². The van der Waals surface area contributed by atoms with Crippen LogP contribution in [0.3, 0.4) is 0 Å². The Kier molecular flexibility index (Phi) is 5.40. The third-order valence-electron chi connectivity index (χ3n) is 3.52. The van der Waals surface area contributed by atoms with Crippen molar-refractivity contribution in [1.82, 2.24) is 4.90 Å². The SMILES string of the molecule is N#C/C=C/C(=O)N1CC[C@H](OCc2ccc(C(F)(F)F)cc2)C1. The second-order valence-corrected chi connectivity index (χ2v) is 5.16. The summed E-state index contributed by atoms with van der Waals surface area (Å²) in [5, 5.41) is 8.39.